The first-order valence-corrected chi connectivity index (χ1v) is 7.75. The average Bonchev–Trinajstić information content (AvgIpc) is 3.02. The lowest BCUT2D eigenvalue weighted by molar-refractivity contribution is -0.126. The topological polar surface area (TPSA) is 78.0 Å². The van der Waals surface area contributed by atoms with Crippen LogP contribution < -0.4 is 5.32 Å². The average molecular weight is 299 g/mol. The maximum absolute atomic E-state index is 12.6. The van der Waals surface area contributed by atoms with E-state index < -0.39 is 0 Å². The molecule has 0 radical (unpaired) electrons. The number of carbonyl (C=O) groups excluding carboxylic acids is 1. The molecule has 1 aromatic heterocycles. The van der Waals surface area contributed by atoms with E-state index in [1.54, 1.807) is 0 Å². The quantitative estimate of drug-likeness (QED) is 0.787. The summed E-state index contributed by atoms with van der Waals surface area (Å²) in [7, 11) is 0. The number of aliphatic hydroxyl groups excluding tert-OH is 1. The highest BCUT2D eigenvalue weighted by atomic mass is 16.3. The number of H-pyrrole nitrogens is 1. The number of hydrogen-bond donors (Lipinski definition) is 3. The number of aliphatic hydroxyl groups is 1. The fourth-order valence-electron chi connectivity index (χ4n) is 3.06. The summed E-state index contributed by atoms with van der Waals surface area (Å²) in [5.74, 6) is 0.0282. The van der Waals surface area contributed by atoms with Crippen molar-refractivity contribution in [1.29, 1.82) is 0 Å². The molecular formula is C17H21N3O2. The zero-order valence-corrected chi connectivity index (χ0v) is 12.5. The van der Waals surface area contributed by atoms with Gasteiger partial charge in [0.25, 0.3) is 0 Å². The molecule has 22 heavy (non-hydrogen) atoms. The van der Waals surface area contributed by atoms with Crippen LogP contribution in [0.1, 0.15) is 35.7 Å². The van der Waals surface area contributed by atoms with Gasteiger partial charge in [-0.05, 0) is 30.4 Å². The van der Waals surface area contributed by atoms with Crippen molar-refractivity contribution in [2.45, 2.75) is 31.7 Å². The van der Waals surface area contributed by atoms with E-state index in [0.29, 0.717) is 12.8 Å². The predicted molar refractivity (Wildman–Crippen MR) is 83.1 cm³/mol. The van der Waals surface area contributed by atoms with Gasteiger partial charge in [-0.3, -0.25) is 9.89 Å². The first-order chi connectivity index (χ1) is 10.8. The molecule has 0 saturated carbocycles. The van der Waals surface area contributed by atoms with Crippen molar-refractivity contribution < 1.29 is 9.90 Å². The van der Waals surface area contributed by atoms with E-state index >= 15 is 0 Å². The van der Waals surface area contributed by atoms with E-state index in [-0.39, 0.29) is 24.5 Å². The van der Waals surface area contributed by atoms with Crippen molar-refractivity contribution in [3.63, 3.8) is 0 Å². The normalized spacial score (nSPS) is 18.5. The summed E-state index contributed by atoms with van der Waals surface area (Å²) in [6, 6.07) is 9.67. The van der Waals surface area contributed by atoms with Gasteiger partial charge < -0.3 is 10.4 Å². The van der Waals surface area contributed by atoms with E-state index in [9.17, 15) is 9.90 Å². The Hall–Kier alpha value is -2.14. The molecule has 3 N–H and O–H groups in total. The summed E-state index contributed by atoms with van der Waals surface area (Å²) in [5.41, 5.74) is 3.33. The van der Waals surface area contributed by atoms with Crippen molar-refractivity contribution in [2.75, 3.05) is 6.61 Å². The third-order valence-electron chi connectivity index (χ3n) is 4.33. The Kier molecular flexibility index (Phi) is 4.53. The summed E-state index contributed by atoms with van der Waals surface area (Å²) in [5, 5.41) is 19.4. The Morgan fingerprint density at radius 2 is 2.23 bits per heavy atom. The monoisotopic (exact) mass is 299 g/mol. The van der Waals surface area contributed by atoms with Gasteiger partial charge in [0.15, 0.2) is 0 Å². The first-order valence-electron chi connectivity index (χ1n) is 7.75. The third-order valence-corrected chi connectivity index (χ3v) is 4.33. The van der Waals surface area contributed by atoms with Gasteiger partial charge in [0.05, 0.1) is 12.2 Å². The lowest BCUT2D eigenvalue weighted by Crippen LogP contribution is -2.37. The smallest absolute Gasteiger partial charge is 0.223 e. The van der Waals surface area contributed by atoms with Gasteiger partial charge in [0.1, 0.15) is 0 Å². The molecule has 116 valence electrons. The number of fused-ring (bicyclic) bond motifs is 1. The van der Waals surface area contributed by atoms with Crippen LogP contribution in [0.4, 0.5) is 0 Å². The Balaban J connectivity index is 1.67. The van der Waals surface area contributed by atoms with Gasteiger partial charge in [-0.2, -0.15) is 5.10 Å². The molecule has 0 saturated heterocycles. The minimum absolute atomic E-state index is 0.0298. The number of nitrogens with zero attached hydrogens (tertiary/aromatic N) is 1. The molecule has 1 aliphatic carbocycles. The Morgan fingerprint density at radius 3 is 3.00 bits per heavy atom. The highest BCUT2D eigenvalue weighted by Gasteiger charge is 2.27. The third kappa shape index (κ3) is 3.20. The number of carbonyl (C=O) groups is 1. The van der Waals surface area contributed by atoms with Gasteiger partial charge >= 0.3 is 0 Å². The molecule has 0 fully saturated rings. The number of rotatable bonds is 5. The summed E-state index contributed by atoms with van der Waals surface area (Å²) in [6.07, 6.45) is 4.82. The Morgan fingerprint density at radius 1 is 1.41 bits per heavy atom. The molecule has 0 spiro atoms. The van der Waals surface area contributed by atoms with Crippen LogP contribution in [0.15, 0.2) is 36.5 Å². The van der Waals surface area contributed by atoms with Gasteiger partial charge in [-0.25, -0.2) is 0 Å². The Labute approximate surface area is 129 Å². The number of amides is 1. The SMILES string of the molecule is O=C(NC(CCO)c1ccccc1)C1CCc2cn[nH]c2C1. The van der Waals surface area contributed by atoms with Crippen LogP contribution in [0.25, 0.3) is 0 Å². The molecular weight excluding hydrogens is 278 g/mol. The van der Waals surface area contributed by atoms with Crippen molar-refractivity contribution >= 4 is 5.91 Å². The maximum atomic E-state index is 12.6. The zero-order chi connectivity index (χ0) is 15.4. The van der Waals surface area contributed by atoms with E-state index in [1.807, 2.05) is 36.5 Å². The van der Waals surface area contributed by atoms with Crippen LogP contribution in [0.2, 0.25) is 0 Å². The summed E-state index contributed by atoms with van der Waals surface area (Å²) >= 11 is 0. The highest BCUT2D eigenvalue weighted by molar-refractivity contribution is 5.79. The molecule has 2 atom stereocenters. The number of benzene rings is 1. The first kappa shape index (κ1) is 14.8. The molecule has 0 aliphatic heterocycles. The largest absolute Gasteiger partial charge is 0.396 e. The van der Waals surface area contributed by atoms with E-state index in [2.05, 4.69) is 15.5 Å². The van der Waals surface area contributed by atoms with E-state index in [0.717, 1.165) is 24.1 Å². The zero-order valence-electron chi connectivity index (χ0n) is 12.5. The van der Waals surface area contributed by atoms with Crippen molar-refractivity contribution in [3.8, 4) is 0 Å². The lowest BCUT2D eigenvalue weighted by Gasteiger charge is -2.25. The molecule has 1 aromatic carbocycles. The molecule has 0 bridgehead atoms. The van der Waals surface area contributed by atoms with Crippen molar-refractivity contribution in [2.24, 2.45) is 5.92 Å². The number of aromatic amines is 1. The molecule has 5 heteroatoms. The summed E-state index contributed by atoms with van der Waals surface area (Å²) in [4.78, 5) is 12.6. The van der Waals surface area contributed by atoms with Crippen LogP contribution in [0, 0.1) is 5.92 Å². The second-order valence-corrected chi connectivity index (χ2v) is 5.80. The predicted octanol–water partition coefficient (Wildman–Crippen LogP) is 1.75. The minimum Gasteiger partial charge on any atom is -0.396 e. The maximum Gasteiger partial charge on any atom is 0.223 e. The molecule has 1 aliphatic rings. The summed E-state index contributed by atoms with van der Waals surface area (Å²) in [6.45, 7) is 0.0508. The van der Waals surface area contributed by atoms with Crippen molar-refractivity contribution in [3.05, 3.63) is 53.3 Å². The number of nitrogens with one attached hydrogen (secondary N) is 2. The number of aryl methyl sites for hydroxylation is 1. The van der Waals surface area contributed by atoms with Crippen LogP contribution in [-0.2, 0) is 17.6 Å². The number of aromatic nitrogens is 2. The van der Waals surface area contributed by atoms with Gasteiger partial charge in [-0.15, -0.1) is 0 Å². The van der Waals surface area contributed by atoms with Gasteiger partial charge in [0.2, 0.25) is 5.91 Å². The molecule has 5 nitrogen and oxygen atoms in total. The minimum atomic E-state index is -0.137. The number of hydrogen-bond acceptors (Lipinski definition) is 3. The van der Waals surface area contributed by atoms with Crippen LogP contribution in [0.5, 0.6) is 0 Å². The van der Waals surface area contributed by atoms with E-state index in [1.165, 1.54) is 5.56 Å². The molecule has 1 amide bonds. The fourth-order valence-corrected chi connectivity index (χ4v) is 3.06. The molecule has 3 rings (SSSR count). The van der Waals surface area contributed by atoms with Gasteiger partial charge in [0, 0.05) is 24.6 Å². The van der Waals surface area contributed by atoms with E-state index in [4.69, 9.17) is 0 Å². The van der Waals surface area contributed by atoms with Crippen LogP contribution in [0.3, 0.4) is 0 Å². The molecule has 1 heterocycles. The second-order valence-electron chi connectivity index (χ2n) is 5.80. The molecule has 2 aromatic rings. The lowest BCUT2D eigenvalue weighted by atomic mass is 9.87. The standard InChI is InChI=1S/C17H21N3O2/c21-9-8-15(12-4-2-1-3-5-12)19-17(22)13-6-7-14-11-18-20-16(14)10-13/h1-5,11,13,15,21H,6-10H2,(H,18,20)(H,19,22). The van der Waals surface area contributed by atoms with Crippen molar-refractivity contribution in [1.82, 2.24) is 15.5 Å². The Bertz CT molecular complexity index is 624. The van der Waals surface area contributed by atoms with Crippen LogP contribution in [-0.4, -0.2) is 27.8 Å². The van der Waals surface area contributed by atoms with Gasteiger partial charge in [-0.1, -0.05) is 30.3 Å². The fraction of sp³-hybridized carbons (Fsp3) is 0.412. The second kappa shape index (κ2) is 6.75. The van der Waals surface area contributed by atoms with Crippen LogP contribution >= 0.6 is 0 Å². The molecule has 2 unspecified atom stereocenters. The highest BCUT2D eigenvalue weighted by Crippen LogP contribution is 2.25. The summed E-state index contributed by atoms with van der Waals surface area (Å²) < 4.78 is 0.